The summed E-state index contributed by atoms with van der Waals surface area (Å²) < 4.78 is 34.4. The zero-order valence-electron chi connectivity index (χ0n) is 61.6. The van der Waals surface area contributed by atoms with Crippen molar-refractivity contribution in [3.8, 4) is 0 Å². The molecule has 100 heavy (non-hydrogen) atoms. The molecule has 0 aliphatic carbocycles. The Kier molecular flexibility index (Phi) is 55.4. The van der Waals surface area contributed by atoms with E-state index in [1.54, 1.807) is 6.08 Å². The van der Waals surface area contributed by atoms with Gasteiger partial charge in [-0.25, -0.2) is 0 Å². The number of rotatable bonds is 61. The molecule has 3 aliphatic rings. The van der Waals surface area contributed by atoms with Crippen molar-refractivity contribution >= 4 is 5.91 Å². The van der Waals surface area contributed by atoms with Crippen LogP contribution in [0.5, 0.6) is 0 Å². The van der Waals surface area contributed by atoms with Gasteiger partial charge in [-0.05, 0) is 89.9 Å². The monoisotopic (exact) mass is 1420 g/mol. The summed E-state index contributed by atoms with van der Waals surface area (Å²) in [7, 11) is 0. The number of aliphatic hydroxyl groups excluding tert-OH is 11. The molecule has 19 nitrogen and oxygen atoms in total. The van der Waals surface area contributed by atoms with Gasteiger partial charge in [0.15, 0.2) is 18.9 Å². The normalized spacial score (nSPS) is 27.0. The summed E-state index contributed by atoms with van der Waals surface area (Å²) >= 11 is 0. The van der Waals surface area contributed by atoms with Gasteiger partial charge in [0, 0.05) is 6.42 Å². The third-order valence-electron chi connectivity index (χ3n) is 19.1. The third-order valence-corrected chi connectivity index (χ3v) is 19.1. The van der Waals surface area contributed by atoms with Crippen LogP contribution in [-0.2, 0) is 33.2 Å². The molecule has 12 N–H and O–H groups in total. The summed E-state index contributed by atoms with van der Waals surface area (Å²) in [5.74, 6) is -0.289. The lowest BCUT2D eigenvalue weighted by molar-refractivity contribution is -0.379. The van der Waals surface area contributed by atoms with E-state index in [0.717, 1.165) is 77.0 Å². The highest BCUT2D eigenvalue weighted by Gasteiger charge is 2.53. The van der Waals surface area contributed by atoms with Crippen molar-refractivity contribution in [3.63, 3.8) is 0 Å². The van der Waals surface area contributed by atoms with E-state index in [9.17, 15) is 61.0 Å². The maximum atomic E-state index is 13.5. The molecular formula is C81H141NO18. The lowest BCUT2D eigenvalue weighted by Crippen LogP contribution is -2.66. The number of hydrogen-bond acceptors (Lipinski definition) is 18. The first-order valence-electron chi connectivity index (χ1n) is 39.5. The van der Waals surface area contributed by atoms with Crippen LogP contribution in [-0.4, -0.2) is 193 Å². The fourth-order valence-corrected chi connectivity index (χ4v) is 12.8. The molecule has 3 saturated heterocycles. The topological polar surface area (TPSA) is 307 Å². The second-order valence-electron chi connectivity index (χ2n) is 27.8. The Morgan fingerprint density at radius 3 is 1.12 bits per heavy atom. The molecule has 3 fully saturated rings. The van der Waals surface area contributed by atoms with Crippen LogP contribution in [0.3, 0.4) is 0 Å². The Balaban J connectivity index is 1.36. The second-order valence-corrected chi connectivity index (χ2v) is 27.8. The van der Waals surface area contributed by atoms with Gasteiger partial charge in [-0.1, -0.05) is 278 Å². The van der Waals surface area contributed by atoms with Crippen LogP contribution in [0.4, 0.5) is 0 Å². The summed E-state index contributed by atoms with van der Waals surface area (Å²) in [6, 6.07) is -1.00. The minimum Gasteiger partial charge on any atom is -0.394 e. The van der Waals surface area contributed by atoms with Crippen molar-refractivity contribution in [1.29, 1.82) is 0 Å². The maximum Gasteiger partial charge on any atom is 0.220 e. The molecular weight excluding hydrogens is 1270 g/mol. The van der Waals surface area contributed by atoms with Crippen molar-refractivity contribution in [3.05, 3.63) is 97.2 Å². The lowest BCUT2D eigenvalue weighted by atomic mass is 9.96. The molecule has 0 aromatic rings. The van der Waals surface area contributed by atoms with Crippen molar-refractivity contribution < 1.29 is 89.4 Å². The van der Waals surface area contributed by atoms with Crippen molar-refractivity contribution in [1.82, 2.24) is 5.32 Å². The molecule has 578 valence electrons. The van der Waals surface area contributed by atoms with Crippen LogP contribution in [0.1, 0.15) is 277 Å². The second kappa shape index (κ2) is 60.9. The number of ether oxygens (including phenoxy) is 6. The van der Waals surface area contributed by atoms with E-state index < -0.39 is 124 Å². The molecule has 0 radical (unpaired) electrons. The smallest absolute Gasteiger partial charge is 0.220 e. The van der Waals surface area contributed by atoms with E-state index in [-0.39, 0.29) is 18.9 Å². The van der Waals surface area contributed by atoms with E-state index in [0.29, 0.717) is 12.8 Å². The fraction of sp³-hybridized carbons (Fsp3) is 0.790. The first-order valence-corrected chi connectivity index (χ1v) is 39.5. The molecule has 17 unspecified atom stereocenters. The maximum absolute atomic E-state index is 13.5. The molecule has 0 saturated carbocycles. The van der Waals surface area contributed by atoms with Gasteiger partial charge >= 0.3 is 0 Å². The fourth-order valence-electron chi connectivity index (χ4n) is 12.8. The van der Waals surface area contributed by atoms with Crippen LogP contribution in [0.25, 0.3) is 0 Å². The van der Waals surface area contributed by atoms with Crippen LogP contribution in [0.15, 0.2) is 97.2 Å². The van der Waals surface area contributed by atoms with Crippen molar-refractivity contribution in [2.24, 2.45) is 0 Å². The molecule has 3 heterocycles. The molecule has 3 aliphatic heterocycles. The predicted octanol–water partition coefficient (Wildman–Crippen LogP) is 12.8. The number of carbonyl (C=O) groups is 1. The van der Waals surface area contributed by atoms with E-state index in [4.69, 9.17) is 28.4 Å². The molecule has 0 bridgehead atoms. The van der Waals surface area contributed by atoms with Gasteiger partial charge in [-0.15, -0.1) is 0 Å². The number of allylic oxidation sites excluding steroid dienone is 15. The zero-order valence-corrected chi connectivity index (χ0v) is 61.6. The molecule has 3 rings (SSSR count). The Labute approximate surface area is 603 Å². The summed E-state index contributed by atoms with van der Waals surface area (Å²) in [5, 5.41) is 121. The number of nitrogens with one attached hydrogen (secondary N) is 1. The zero-order chi connectivity index (χ0) is 72.5. The minimum absolute atomic E-state index is 0.230. The first-order chi connectivity index (χ1) is 48.8. The Bertz CT molecular complexity index is 2190. The average molecular weight is 1420 g/mol. The third kappa shape index (κ3) is 40.8. The van der Waals surface area contributed by atoms with Gasteiger partial charge < -0.3 is 89.9 Å². The summed E-state index contributed by atoms with van der Waals surface area (Å²) in [4.78, 5) is 13.5. The number of unbranched alkanes of at least 4 members (excludes halogenated alkanes) is 31. The molecule has 0 aromatic heterocycles. The van der Waals surface area contributed by atoms with Crippen LogP contribution >= 0.6 is 0 Å². The molecule has 0 aromatic carbocycles. The Morgan fingerprint density at radius 2 is 0.700 bits per heavy atom. The average Bonchev–Trinajstić information content (AvgIpc) is 0.783. The first kappa shape index (κ1) is 90.9. The van der Waals surface area contributed by atoms with Gasteiger partial charge in [-0.3, -0.25) is 4.79 Å². The van der Waals surface area contributed by atoms with E-state index in [2.05, 4.69) is 104 Å². The van der Waals surface area contributed by atoms with Crippen LogP contribution in [0, 0.1) is 0 Å². The molecule has 17 atom stereocenters. The summed E-state index contributed by atoms with van der Waals surface area (Å²) in [6.07, 6.45) is 55.4. The van der Waals surface area contributed by atoms with Crippen LogP contribution < -0.4 is 5.32 Å². The quantitative estimate of drug-likeness (QED) is 0.0199. The molecule has 1 amide bonds. The number of amides is 1. The number of aliphatic hydroxyl groups is 11. The Hall–Kier alpha value is -3.29. The largest absolute Gasteiger partial charge is 0.394 e. The standard InChI is InChI=1S/C81H141NO18/c1-3-5-7-9-11-13-15-17-19-21-23-25-26-27-28-29-30-31-32-33-34-35-36-37-38-39-41-43-45-47-49-51-53-55-57-59-69(87)82-64(65(86)58-56-54-52-50-48-46-44-42-40-24-22-20-18-16-14-12-10-8-6-4-2)63-95-79-75(93)72(90)77(67(61-84)97-79)100-81-76(94)73(91)78(68(62-85)98-81)99-80-74(92)71(89)70(88)66(60-83)96-80/h5,7,11,13,17,19,23,25,27-28,40,42,48,50,56,58,64-68,70-81,83-86,88-94H,3-4,6,8-10,12,14-16,18,20-22,24,26,29-39,41,43-47,49,51-55,57,59-63H2,1-2H3,(H,82,87)/b7-5-,13-11-,19-17-,25-23-,28-27-,42-40+,50-48+,58-56+. The van der Waals surface area contributed by atoms with Crippen LogP contribution in [0.2, 0.25) is 0 Å². The SMILES string of the molecule is CC/C=C\C/C=C\C/C=C\C/C=C\C/C=C\CCCCCCCCCCCCCCCCCCCCCC(=O)NC(COC1OC(CO)C(OC2OC(CO)C(OC3OC(CO)C(O)C(O)C3O)C(O)C2O)C(O)C1O)C(O)/C=C/CC/C=C/CC/C=C/CCCCCCCCCCCC. The minimum atomic E-state index is -1.99. The summed E-state index contributed by atoms with van der Waals surface area (Å²) in [5.41, 5.74) is 0. The number of carbonyl (C=O) groups excluding carboxylic acids is 1. The van der Waals surface area contributed by atoms with Gasteiger partial charge in [0.25, 0.3) is 0 Å². The van der Waals surface area contributed by atoms with Gasteiger partial charge in [0.2, 0.25) is 5.91 Å². The van der Waals surface area contributed by atoms with Gasteiger partial charge in [0.05, 0.1) is 38.6 Å². The van der Waals surface area contributed by atoms with E-state index in [1.807, 2.05) is 6.08 Å². The van der Waals surface area contributed by atoms with E-state index in [1.165, 1.54) is 167 Å². The lowest BCUT2D eigenvalue weighted by Gasteiger charge is -2.48. The van der Waals surface area contributed by atoms with E-state index >= 15 is 0 Å². The molecule has 0 spiro atoms. The summed E-state index contributed by atoms with van der Waals surface area (Å²) in [6.45, 7) is 1.61. The van der Waals surface area contributed by atoms with Gasteiger partial charge in [-0.2, -0.15) is 0 Å². The number of hydrogen-bond donors (Lipinski definition) is 12. The molecule has 19 heteroatoms. The predicted molar refractivity (Wildman–Crippen MR) is 397 cm³/mol. The van der Waals surface area contributed by atoms with Crippen molar-refractivity contribution in [2.75, 3.05) is 26.4 Å². The highest BCUT2D eigenvalue weighted by atomic mass is 16.8. The van der Waals surface area contributed by atoms with Crippen molar-refractivity contribution in [2.45, 2.75) is 381 Å². The Morgan fingerprint density at radius 1 is 0.370 bits per heavy atom. The van der Waals surface area contributed by atoms with Gasteiger partial charge in [0.1, 0.15) is 73.2 Å². The highest BCUT2D eigenvalue weighted by Crippen LogP contribution is 2.33. The highest BCUT2D eigenvalue weighted by molar-refractivity contribution is 5.76.